The van der Waals surface area contributed by atoms with Crippen molar-refractivity contribution in [1.82, 2.24) is 0 Å². The Bertz CT molecular complexity index is 815. The third kappa shape index (κ3) is 3.33. The molecule has 0 aromatic carbocycles. The third-order valence-corrected chi connectivity index (χ3v) is 11.5. The number of carbonyl (C=O) groups excluding carboxylic acids is 1. The van der Waals surface area contributed by atoms with Crippen LogP contribution in [0.4, 0.5) is 0 Å². The lowest BCUT2D eigenvalue weighted by molar-refractivity contribution is -0.115. The smallest absolute Gasteiger partial charge is 0.123 e. The Morgan fingerprint density at radius 3 is 2.38 bits per heavy atom. The number of aldehydes is 1. The first-order chi connectivity index (χ1) is 14.9. The lowest BCUT2D eigenvalue weighted by Gasteiger charge is -2.62. The van der Waals surface area contributed by atoms with Gasteiger partial charge in [0.1, 0.15) is 6.29 Å². The molecule has 4 rings (SSSR count). The number of fused-ring (bicyclic) bond motifs is 4. The molecule has 4 aliphatic rings. The van der Waals surface area contributed by atoms with Crippen molar-refractivity contribution in [2.24, 2.45) is 39.4 Å². The lowest BCUT2D eigenvalue weighted by Crippen LogP contribution is -2.55. The van der Waals surface area contributed by atoms with Gasteiger partial charge in [0.2, 0.25) is 0 Å². The third-order valence-electron chi connectivity index (χ3n) is 11.5. The number of allylic oxidation sites excluding steroid dienone is 4. The molecular formula is C30H48O2. The van der Waals surface area contributed by atoms with Gasteiger partial charge < -0.3 is 9.90 Å². The number of hydrogen-bond acceptors (Lipinski definition) is 2. The highest BCUT2D eigenvalue weighted by Crippen LogP contribution is 2.72. The second kappa shape index (κ2) is 8.10. The van der Waals surface area contributed by atoms with Gasteiger partial charge in [-0.05, 0) is 112 Å². The summed E-state index contributed by atoms with van der Waals surface area (Å²) in [6.45, 7) is 16.6. The zero-order chi connectivity index (χ0) is 23.5. The Balaban J connectivity index is 1.67. The zero-order valence-corrected chi connectivity index (χ0v) is 21.9. The van der Waals surface area contributed by atoms with Crippen LogP contribution in [0.1, 0.15) is 113 Å². The molecule has 0 aliphatic heterocycles. The first kappa shape index (κ1) is 24.2. The molecule has 4 aliphatic carbocycles. The molecule has 1 N–H and O–H groups in total. The molecule has 0 aromatic heterocycles. The molecule has 0 amide bonds. The van der Waals surface area contributed by atoms with Crippen LogP contribution in [0, 0.1) is 39.4 Å². The first-order valence-electron chi connectivity index (χ1n) is 13.4. The van der Waals surface area contributed by atoms with Gasteiger partial charge in [0.25, 0.3) is 0 Å². The van der Waals surface area contributed by atoms with Crippen LogP contribution in [-0.2, 0) is 4.79 Å². The van der Waals surface area contributed by atoms with Crippen LogP contribution in [0.15, 0.2) is 22.8 Å². The van der Waals surface area contributed by atoms with E-state index in [1.165, 1.54) is 50.4 Å². The van der Waals surface area contributed by atoms with Gasteiger partial charge in [-0.1, -0.05) is 57.4 Å². The Morgan fingerprint density at radius 1 is 1.00 bits per heavy atom. The summed E-state index contributed by atoms with van der Waals surface area (Å²) in [4.78, 5) is 12.3. The van der Waals surface area contributed by atoms with E-state index < -0.39 is 0 Å². The van der Waals surface area contributed by atoms with Crippen molar-refractivity contribution in [3.05, 3.63) is 22.8 Å². The van der Waals surface area contributed by atoms with Gasteiger partial charge in [0.15, 0.2) is 0 Å². The van der Waals surface area contributed by atoms with E-state index in [9.17, 15) is 9.90 Å². The van der Waals surface area contributed by atoms with Crippen molar-refractivity contribution < 1.29 is 9.90 Å². The maximum atomic E-state index is 12.3. The predicted octanol–water partition coefficient (Wildman–Crippen LogP) is 7.66. The Kier molecular flexibility index (Phi) is 6.14. The molecule has 2 saturated carbocycles. The van der Waals surface area contributed by atoms with Gasteiger partial charge in [0.05, 0.1) is 6.10 Å². The highest BCUT2D eigenvalue weighted by atomic mass is 16.3. The van der Waals surface area contributed by atoms with Gasteiger partial charge in [0, 0.05) is 5.92 Å². The summed E-state index contributed by atoms with van der Waals surface area (Å²) < 4.78 is 0. The summed E-state index contributed by atoms with van der Waals surface area (Å²) in [5.41, 5.74) is 5.60. The number of carbonyl (C=O) groups is 1. The second-order valence-corrected chi connectivity index (χ2v) is 13.4. The molecule has 2 heteroatoms. The second-order valence-electron chi connectivity index (χ2n) is 13.4. The average Bonchev–Trinajstić information content (AvgIpc) is 3.00. The summed E-state index contributed by atoms with van der Waals surface area (Å²) in [7, 11) is 0. The fourth-order valence-electron chi connectivity index (χ4n) is 9.33. The number of rotatable bonds is 5. The molecule has 7 atom stereocenters. The van der Waals surface area contributed by atoms with Gasteiger partial charge in [-0.3, -0.25) is 0 Å². The van der Waals surface area contributed by atoms with Crippen molar-refractivity contribution in [2.45, 2.75) is 119 Å². The summed E-state index contributed by atoms with van der Waals surface area (Å²) >= 11 is 0. The molecule has 0 saturated heterocycles. The van der Waals surface area contributed by atoms with Crippen LogP contribution in [0.25, 0.3) is 0 Å². The van der Waals surface area contributed by atoms with E-state index in [0.717, 1.165) is 25.7 Å². The minimum absolute atomic E-state index is 0.00106. The molecule has 180 valence electrons. The minimum atomic E-state index is -0.169. The predicted molar refractivity (Wildman–Crippen MR) is 133 cm³/mol. The fraction of sp³-hybridized carbons (Fsp3) is 0.833. The molecule has 2 nitrogen and oxygen atoms in total. The highest BCUT2D eigenvalue weighted by molar-refractivity contribution is 5.55. The maximum Gasteiger partial charge on any atom is 0.123 e. The quantitative estimate of drug-likeness (QED) is 0.352. The van der Waals surface area contributed by atoms with Gasteiger partial charge in [-0.25, -0.2) is 0 Å². The first-order valence-corrected chi connectivity index (χ1v) is 13.4. The van der Waals surface area contributed by atoms with E-state index in [4.69, 9.17) is 0 Å². The zero-order valence-electron chi connectivity index (χ0n) is 21.9. The van der Waals surface area contributed by atoms with E-state index in [1.54, 1.807) is 11.1 Å². The molecule has 2 fully saturated rings. The van der Waals surface area contributed by atoms with Crippen LogP contribution in [0.5, 0.6) is 0 Å². The Labute approximate surface area is 197 Å². The molecule has 0 heterocycles. The monoisotopic (exact) mass is 440 g/mol. The summed E-state index contributed by atoms with van der Waals surface area (Å²) in [5.74, 6) is 1.28. The van der Waals surface area contributed by atoms with E-state index in [0.29, 0.717) is 11.8 Å². The Hall–Kier alpha value is -0.890. The lowest BCUT2D eigenvalue weighted by atomic mass is 9.43. The molecule has 0 bridgehead atoms. The van der Waals surface area contributed by atoms with Crippen LogP contribution in [-0.4, -0.2) is 17.5 Å². The molecule has 1 unspecified atom stereocenters. The van der Waals surface area contributed by atoms with Crippen LogP contribution >= 0.6 is 0 Å². The minimum Gasteiger partial charge on any atom is -0.393 e. The summed E-state index contributed by atoms with van der Waals surface area (Å²) in [6, 6.07) is 0. The fourth-order valence-corrected chi connectivity index (χ4v) is 9.33. The van der Waals surface area contributed by atoms with Crippen LogP contribution in [0.2, 0.25) is 0 Å². The van der Waals surface area contributed by atoms with Gasteiger partial charge >= 0.3 is 0 Å². The van der Waals surface area contributed by atoms with Crippen LogP contribution < -0.4 is 0 Å². The molecule has 0 spiro atoms. The number of hydrogen-bond donors (Lipinski definition) is 1. The summed E-state index contributed by atoms with van der Waals surface area (Å²) in [5, 5.41) is 10.8. The van der Waals surface area contributed by atoms with E-state index in [-0.39, 0.29) is 33.7 Å². The standard InChI is InChI=1S/C30H48O2/c1-20(2)9-8-10-21(19-31)22-13-17-30(7)24-11-12-25-27(3,4)26(32)15-16-28(25,5)23(24)14-18-29(22,30)6/h9,19,21-22,25-26,32H,8,10-18H2,1-7H3/t21-,22+,25?,26-,28+,29+,30-/m0/s1. The largest absolute Gasteiger partial charge is 0.393 e. The van der Waals surface area contributed by atoms with Crippen molar-refractivity contribution in [2.75, 3.05) is 0 Å². The highest BCUT2D eigenvalue weighted by Gasteiger charge is 2.63. The topological polar surface area (TPSA) is 37.3 Å². The Morgan fingerprint density at radius 2 is 1.72 bits per heavy atom. The molecule has 0 radical (unpaired) electrons. The van der Waals surface area contributed by atoms with E-state index in [1.807, 2.05) is 0 Å². The number of aliphatic hydroxyl groups excluding tert-OH is 1. The summed E-state index contributed by atoms with van der Waals surface area (Å²) in [6.07, 6.45) is 14.8. The molecule has 0 aromatic rings. The molecule has 32 heavy (non-hydrogen) atoms. The van der Waals surface area contributed by atoms with Gasteiger partial charge in [-0.15, -0.1) is 0 Å². The van der Waals surface area contributed by atoms with Crippen molar-refractivity contribution in [3.63, 3.8) is 0 Å². The average molecular weight is 441 g/mol. The van der Waals surface area contributed by atoms with Crippen molar-refractivity contribution in [3.8, 4) is 0 Å². The van der Waals surface area contributed by atoms with E-state index >= 15 is 0 Å². The SMILES string of the molecule is CC(C)=CCC[C@@H](C=O)[C@H]1CC[C@@]2(C)C3=C(CC[C@]12C)[C@@]1(C)CC[C@H](O)C(C)(C)C1CC3. The number of aliphatic hydroxyl groups is 1. The van der Waals surface area contributed by atoms with Crippen LogP contribution in [0.3, 0.4) is 0 Å². The van der Waals surface area contributed by atoms with Crippen molar-refractivity contribution >= 4 is 6.29 Å². The molecular weight excluding hydrogens is 392 g/mol. The van der Waals surface area contributed by atoms with Gasteiger partial charge in [-0.2, -0.15) is 0 Å². The van der Waals surface area contributed by atoms with E-state index in [2.05, 4.69) is 54.5 Å². The van der Waals surface area contributed by atoms with Crippen molar-refractivity contribution in [1.29, 1.82) is 0 Å². The maximum absolute atomic E-state index is 12.3. The normalized spacial score (nSPS) is 43.7.